The summed E-state index contributed by atoms with van der Waals surface area (Å²) in [5, 5.41) is 8.41. The minimum Gasteiger partial charge on any atom is -0.341 e. The number of benzene rings is 1. The molecule has 9 nitrogen and oxygen atoms in total. The average Bonchev–Trinajstić information content (AvgIpc) is 3.32. The van der Waals surface area contributed by atoms with Gasteiger partial charge in [-0.25, -0.2) is 18.1 Å². The Morgan fingerprint density at radius 3 is 2.50 bits per heavy atom. The fraction of sp³-hybridized carbons (Fsp3) is 0.609. The van der Waals surface area contributed by atoms with Crippen LogP contribution in [0.4, 0.5) is 0 Å². The fourth-order valence-corrected chi connectivity index (χ4v) is 6.31. The van der Waals surface area contributed by atoms with E-state index in [-0.39, 0.29) is 17.7 Å². The summed E-state index contributed by atoms with van der Waals surface area (Å²) >= 11 is 5.97. The van der Waals surface area contributed by atoms with Crippen molar-refractivity contribution in [2.75, 3.05) is 32.4 Å². The molecule has 2 aliphatic rings. The van der Waals surface area contributed by atoms with Crippen LogP contribution in [-0.4, -0.2) is 72.5 Å². The molecule has 0 aliphatic carbocycles. The molecule has 1 atom stereocenters. The number of rotatable bonds is 8. The van der Waals surface area contributed by atoms with Gasteiger partial charge in [-0.15, -0.1) is 0 Å². The van der Waals surface area contributed by atoms with Crippen LogP contribution in [0.3, 0.4) is 0 Å². The molecule has 2 aliphatic heterocycles. The molecule has 1 aromatic heterocycles. The summed E-state index contributed by atoms with van der Waals surface area (Å²) in [7, 11) is -3.55. The molecule has 4 rings (SSSR count). The van der Waals surface area contributed by atoms with Crippen molar-refractivity contribution < 1.29 is 13.2 Å². The van der Waals surface area contributed by atoms with Crippen LogP contribution in [0, 0.1) is 11.3 Å². The predicted molar refractivity (Wildman–Crippen MR) is 131 cm³/mol. The molecule has 0 spiro atoms. The zero-order valence-electron chi connectivity index (χ0n) is 19.5. The van der Waals surface area contributed by atoms with Crippen molar-refractivity contribution in [3.8, 4) is 0 Å². The Morgan fingerprint density at radius 2 is 1.91 bits per heavy atom. The van der Waals surface area contributed by atoms with Crippen LogP contribution in [0.5, 0.6) is 0 Å². The number of piperidine rings is 2. The lowest BCUT2D eigenvalue weighted by molar-refractivity contribution is -0.135. The number of sulfonamides is 1. The Balaban J connectivity index is 1.44. The molecule has 186 valence electrons. The number of nitrogens with one attached hydrogen (secondary N) is 2. The van der Waals surface area contributed by atoms with E-state index in [0.29, 0.717) is 24.0 Å². The van der Waals surface area contributed by atoms with Gasteiger partial charge in [-0.1, -0.05) is 23.7 Å². The second kappa shape index (κ2) is 10.7. The van der Waals surface area contributed by atoms with Gasteiger partial charge in [-0.3, -0.25) is 9.48 Å². The van der Waals surface area contributed by atoms with Gasteiger partial charge in [-0.05, 0) is 74.2 Å². The molecule has 1 aromatic carbocycles. The van der Waals surface area contributed by atoms with Crippen molar-refractivity contribution in [2.45, 2.75) is 44.7 Å². The van der Waals surface area contributed by atoms with E-state index in [0.717, 1.165) is 57.1 Å². The highest BCUT2D eigenvalue weighted by atomic mass is 35.5. The van der Waals surface area contributed by atoms with Crippen LogP contribution < -0.4 is 10.0 Å². The topological polar surface area (TPSA) is 109 Å². The van der Waals surface area contributed by atoms with E-state index >= 15 is 0 Å². The van der Waals surface area contributed by atoms with Crippen LogP contribution in [0.2, 0.25) is 5.02 Å². The van der Waals surface area contributed by atoms with Gasteiger partial charge in [0.15, 0.2) is 0 Å². The zero-order valence-corrected chi connectivity index (χ0v) is 21.1. The number of aromatic nitrogens is 3. The highest BCUT2D eigenvalue weighted by Crippen LogP contribution is 2.44. The van der Waals surface area contributed by atoms with Crippen LogP contribution in [-0.2, 0) is 27.8 Å². The van der Waals surface area contributed by atoms with Gasteiger partial charge in [0.1, 0.15) is 18.7 Å². The summed E-state index contributed by atoms with van der Waals surface area (Å²) in [6, 6.07) is 6.31. The van der Waals surface area contributed by atoms with E-state index in [9.17, 15) is 13.2 Å². The average molecular weight is 509 g/mol. The van der Waals surface area contributed by atoms with Crippen LogP contribution in [0.1, 0.15) is 31.2 Å². The minimum atomic E-state index is -3.55. The summed E-state index contributed by atoms with van der Waals surface area (Å²) in [5.74, 6) is 0.301. The molecule has 11 heteroatoms. The van der Waals surface area contributed by atoms with Crippen molar-refractivity contribution in [2.24, 2.45) is 11.3 Å². The van der Waals surface area contributed by atoms with Crippen LogP contribution in [0.25, 0.3) is 0 Å². The Kier molecular flexibility index (Phi) is 7.91. The number of carbonyl (C=O) groups excluding carboxylic acids is 1. The third kappa shape index (κ3) is 6.35. The summed E-state index contributed by atoms with van der Waals surface area (Å²) in [6.07, 6.45) is 8.66. The molecule has 34 heavy (non-hydrogen) atoms. The minimum absolute atomic E-state index is 0.127. The predicted octanol–water partition coefficient (Wildman–Crippen LogP) is 1.70. The summed E-state index contributed by atoms with van der Waals surface area (Å²) in [5.41, 5.74) is 0.984. The molecular formula is C23H33ClN6O3S. The number of likely N-dealkylation sites (tertiary alicyclic amines) is 1. The van der Waals surface area contributed by atoms with Gasteiger partial charge in [0, 0.05) is 24.7 Å². The number of amides is 1. The molecule has 2 aromatic rings. The molecule has 0 radical (unpaired) electrons. The maximum atomic E-state index is 13.4. The third-order valence-corrected chi connectivity index (χ3v) is 8.19. The maximum absolute atomic E-state index is 13.4. The fourth-order valence-electron chi connectivity index (χ4n) is 5.48. The van der Waals surface area contributed by atoms with Crippen molar-refractivity contribution in [1.82, 2.24) is 29.7 Å². The van der Waals surface area contributed by atoms with E-state index in [4.69, 9.17) is 11.6 Å². The molecule has 2 saturated heterocycles. The Hall–Kier alpha value is -2.01. The van der Waals surface area contributed by atoms with E-state index < -0.39 is 16.1 Å². The largest absolute Gasteiger partial charge is 0.341 e. The second-order valence-electron chi connectivity index (χ2n) is 9.58. The number of halogens is 1. The Bertz CT molecular complexity index is 1050. The lowest BCUT2D eigenvalue weighted by atomic mass is 9.65. The number of hydrogen-bond acceptors (Lipinski definition) is 6. The summed E-state index contributed by atoms with van der Waals surface area (Å²) in [4.78, 5) is 19.3. The van der Waals surface area contributed by atoms with Crippen molar-refractivity contribution in [3.63, 3.8) is 0 Å². The second-order valence-corrected chi connectivity index (χ2v) is 11.8. The Morgan fingerprint density at radius 1 is 1.24 bits per heavy atom. The highest BCUT2D eigenvalue weighted by Gasteiger charge is 2.42. The van der Waals surface area contributed by atoms with Crippen molar-refractivity contribution in [1.29, 1.82) is 0 Å². The Labute approximate surface area is 206 Å². The maximum Gasteiger partial charge on any atom is 0.241 e. The SMILES string of the molecule is CS(=O)(=O)N[C@@H](Cc1ccc(Cl)cc1)C(=O)N1CCC(C2(Cn3cncn3)CCNCC2)CC1. The summed E-state index contributed by atoms with van der Waals surface area (Å²) < 4.78 is 28.5. The van der Waals surface area contributed by atoms with Gasteiger partial charge in [0.25, 0.3) is 0 Å². The first-order valence-electron chi connectivity index (χ1n) is 11.8. The van der Waals surface area contributed by atoms with Gasteiger partial charge in [-0.2, -0.15) is 5.10 Å². The quantitative estimate of drug-likeness (QED) is 0.561. The van der Waals surface area contributed by atoms with E-state index in [1.54, 1.807) is 24.8 Å². The lowest BCUT2D eigenvalue weighted by Crippen LogP contribution is -2.53. The third-order valence-electron chi connectivity index (χ3n) is 7.22. The first kappa shape index (κ1) is 25.1. The van der Waals surface area contributed by atoms with E-state index in [1.807, 2.05) is 21.7 Å². The van der Waals surface area contributed by atoms with Gasteiger partial charge in [0.2, 0.25) is 15.9 Å². The van der Waals surface area contributed by atoms with Crippen LogP contribution >= 0.6 is 11.6 Å². The smallest absolute Gasteiger partial charge is 0.241 e. The first-order valence-corrected chi connectivity index (χ1v) is 14.0. The van der Waals surface area contributed by atoms with Gasteiger partial charge >= 0.3 is 0 Å². The molecule has 0 unspecified atom stereocenters. The zero-order chi connectivity index (χ0) is 24.2. The molecule has 3 heterocycles. The number of hydrogen-bond donors (Lipinski definition) is 2. The molecule has 1 amide bonds. The lowest BCUT2D eigenvalue weighted by Gasteiger charge is -2.47. The molecular weight excluding hydrogens is 476 g/mol. The van der Waals surface area contributed by atoms with E-state index in [2.05, 4.69) is 20.1 Å². The summed E-state index contributed by atoms with van der Waals surface area (Å²) in [6.45, 7) is 4.05. The van der Waals surface area contributed by atoms with Gasteiger partial charge in [0.05, 0.1) is 6.26 Å². The number of carbonyl (C=O) groups is 1. The molecule has 0 saturated carbocycles. The van der Waals surface area contributed by atoms with Gasteiger partial charge < -0.3 is 10.2 Å². The molecule has 2 fully saturated rings. The molecule has 0 bridgehead atoms. The molecule has 2 N–H and O–H groups in total. The number of nitrogens with zero attached hydrogens (tertiary/aromatic N) is 4. The van der Waals surface area contributed by atoms with E-state index in [1.165, 1.54) is 0 Å². The normalized spacial score (nSPS) is 20.2. The van der Waals surface area contributed by atoms with Crippen LogP contribution in [0.15, 0.2) is 36.9 Å². The van der Waals surface area contributed by atoms with Crippen molar-refractivity contribution in [3.05, 3.63) is 47.5 Å². The standard InChI is InChI=1S/C23H33ClN6O3S/c1-34(32,33)28-21(14-18-2-4-20(24)5-3-18)22(31)29-12-6-19(7-13-29)23(8-10-25-11-9-23)15-30-17-26-16-27-30/h2-5,16-17,19,21,25,28H,6-15H2,1H3/t21-/m0/s1. The highest BCUT2D eigenvalue weighted by molar-refractivity contribution is 7.88. The monoisotopic (exact) mass is 508 g/mol. The van der Waals surface area contributed by atoms with Crippen molar-refractivity contribution >= 4 is 27.5 Å². The first-order chi connectivity index (χ1) is 16.2.